The predicted molar refractivity (Wildman–Crippen MR) is 253 cm³/mol. The number of hydrogen-bond donors (Lipinski definition) is 0. The molecule has 0 aliphatic heterocycles. The first-order chi connectivity index (χ1) is 29.7. The second-order valence-corrected chi connectivity index (χ2v) is 16.5. The number of benzene rings is 8. The fourth-order valence-corrected chi connectivity index (χ4v) is 9.96. The smallest absolute Gasteiger partial charge is 0.164 e. The maximum atomic E-state index is 5.20. The Morgan fingerprint density at radius 2 is 1.07 bits per heavy atom. The van der Waals surface area contributed by atoms with E-state index in [-0.39, 0.29) is 0 Å². The van der Waals surface area contributed by atoms with Crippen molar-refractivity contribution < 1.29 is 0 Å². The van der Waals surface area contributed by atoms with Crippen LogP contribution in [0.5, 0.6) is 0 Å². The summed E-state index contributed by atoms with van der Waals surface area (Å²) in [5.74, 6) is 1.98. The molecule has 0 atom stereocenters. The van der Waals surface area contributed by atoms with E-state index in [1.165, 1.54) is 58.7 Å². The molecule has 0 radical (unpaired) electrons. The van der Waals surface area contributed by atoms with Gasteiger partial charge in [-0.05, 0) is 83.1 Å². The lowest BCUT2D eigenvalue weighted by Crippen LogP contribution is -2.01. The first-order valence-electron chi connectivity index (χ1n) is 20.7. The number of para-hydroxylation sites is 1. The van der Waals surface area contributed by atoms with Crippen molar-refractivity contribution >= 4 is 53.3 Å². The first kappa shape index (κ1) is 35.9. The lowest BCUT2D eigenvalue weighted by atomic mass is 9.98. The Bertz CT molecular complexity index is 3380. The summed E-state index contributed by atoms with van der Waals surface area (Å²) < 4.78 is 5.05. The van der Waals surface area contributed by atoms with Crippen LogP contribution in [-0.2, 0) is 6.42 Å². The third-order valence-electron chi connectivity index (χ3n) is 11.6. The molecule has 0 fully saturated rings. The van der Waals surface area contributed by atoms with Gasteiger partial charge in [0.1, 0.15) is 0 Å². The van der Waals surface area contributed by atoms with Gasteiger partial charge in [0.05, 0.1) is 11.0 Å². The van der Waals surface area contributed by atoms with E-state index in [4.69, 9.17) is 15.0 Å². The van der Waals surface area contributed by atoms with E-state index in [1.54, 1.807) is 0 Å². The van der Waals surface area contributed by atoms with Crippen LogP contribution in [0.3, 0.4) is 0 Å². The molecular weight excluding hydrogens is 749 g/mol. The van der Waals surface area contributed by atoms with Crippen LogP contribution < -0.4 is 0 Å². The molecule has 0 aliphatic rings. The van der Waals surface area contributed by atoms with E-state index in [2.05, 4.69) is 181 Å². The summed E-state index contributed by atoms with van der Waals surface area (Å²) in [7, 11) is 0. The molecule has 5 heteroatoms. The summed E-state index contributed by atoms with van der Waals surface area (Å²) in [6.45, 7) is 2.23. The molecule has 8 aromatic carbocycles. The molecule has 11 aromatic rings. The Balaban J connectivity index is 1.04. The average molecular weight is 789 g/mol. The van der Waals surface area contributed by atoms with Crippen molar-refractivity contribution in [1.29, 1.82) is 0 Å². The van der Waals surface area contributed by atoms with Crippen LogP contribution in [0.25, 0.3) is 104 Å². The van der Waals surface area contributed by atoms with Crippen molar-refractivity contribution in [2.75, 3.05) is 0 Å². The normalized spacial score (nSPS) is 11.6. The van der Waals surface area contributed by atoms with Crippen molar-refractivity contribution in [1.82, 2.24) is 19.5 Å². The molecule has 3 heterocycles. The van der Waals surface area contributed by atoms with Gasteiger partial charge in [-0.1, -0.05) is 159 Å². The van der Waals surface area contributed by atoms with Crippen LogP contribution in [-0.4, -0.2) is 19.5 Å². The Hall–Kier alpha value is -7.21. The zero-order valence-corrected chi connectivity index (χ0v) is 34.0. The average Bonchev–Trinajstić information content (AvgIpc) is 3.87. The molecule has 286 valence electrons. The fraction of sp³-hybridized carbons (Fsp3) is 0.0727. The van der Waals surface area contributed by atoms with Crippen molar-refractivity contribution in [3.8, 4) is 62.1 Å². The Labute approximate surface area is 353 Å². The standard InChI is InChI=1S/C55H40N4S/c1-2-3-16-36-17-13-21-40(33-36)54-56-53(37-18-5-4-6-19-37)57-55(58-54)47-26-8-7-23-42(47)38-20-14-22-41(34-38)59-49-29-11-9-24-44(49)48-35-39(31-32-50(48)59)43-27-15-28-46-45-25-10-12-30-51(45)60-52(43)46/h4-15,17-35H,2-3,16H2,1H3. The van der Waals surface area contributed by atoms with E-state index in [1.807, 2.05) is 29.5 Å². The largest absolute Gasteiger partial charge is 0.309 e. The third-order valence-corrected chi connectivity index (χ3v) is 12.9. The molecule has 0 bridgehead atoms. The molecule has 0 amide bonds. The summed E-state index contributed by atoms with van der Waals surface area (Å²) in [5, 5.41) is 5.10. The van der Waals surface area contributed by atoms with Gasteiger partial charge in [-0.2, -0.15) is 0 Å². The van der Waals surface area contributed by atoms with Crippen LogP contribution in [0, 0.1) is 0 Å². The van der Waals surface area contributed by atoms with E-state index in [0.717, 1.165) is 52.8 Å². The van der Waals surface area contributed by atoms with Crippen molar-refractivity contribution in [2.24, 2.45) is 0 Å². The molecular formula is C55H40N4S. The van der Waals surface area contributed by atoms with Crippen molar-refractivity contribution in [3.05, 3.63) is 194 Å². The van der Waals surface area contributed by atoms with Crippen LogP contribution in [0.1, 0.15) is 25.3 Å². The van der Waals surface area contributed by atoms with E-state index in [0.29, 0.717) is 17.5 Å². The molecule has 60 heavy (non-hydrogen) atoms. The van der Waals surface area contributed by atoms with Gasteiger partial charge in [0.2, 0.25) is 0 Å². The quantitative estimate of drug-likeness (QED) is 0.146. The highest BCUT2D eigenvalue weighted by molar-refractivity contribution is 7.26. The zero-order chi connectivity index (χ0) is 40.0. The summed E-state index contributed by atoms with van der Waals surface area (Å²) in [5.41, 5.74) is 12.3. The number of rotatable bonds is 9. The highest BCUT2D eigenvalue weighted by atomic mass is 32.1. The van der Waals surface area contributed by atoms with Gasteiger partial charge < -0.3 is 4.57 Å². The van der Waals surface area contributed by atoms with Crippen LogP contribution in [0.2, 0.25) is 0 Å². The number of aryl methyl sites for hydroxylation is 1. The van der Waals surface area contributed by atoms with Crippen LogP contribution in [0.15, 0.2) is 188 Å². The molecule has 0 spiro atoms. The molecule has 0 N–H and O–H groups in total. The summed E-state index contributed by atoms with van der Waals surface area (Å²) in [6.07, 6.45) is 3.33. The van der Waals surface area contributed by atoms with E-state index < -0.39 is 0 Å². The second kappa shape index (κ2) is 15.2. The van der Waals surface area contributed by atoms with Crippen molar-refractivity contribution in [2.45, 2.75) is 26.2 Å². The minimum Gasteiger partial charge on any atom is -0.309 e. The molecule has 3 aromatic heterocycles. The van der Waals surface area contributed by atoms with Gasteiger partial charge >= 0.3 is 0 Å². The Kier molecular flexibility index (Phi) is 9.09. The minimum atomic E-state index is 0.650. The van der Waals surface area contributed by atoms with Gasteiger partial charge in [-0.25, -0.2) is 15.0 Å². The Morgan fingerprint density at radius 1 is 0.433 bits per heavy atom. The van der Waals surface area contributed by atoms with Gasteiger partial charge in [0.15, 0.2) is 17.5 Å². The van der Waals surface area contributed by atoms with Crippen molar-refractivity contribution in [3.63, 3.8) is 0 Å². The molecule has 4 nitrogen and oxygen atoms in total. The van der Waals surface area contributed by atoms with Gasteiger partial charge in [0, 0.05) is 53.3 Å². The van der Waals surface area contributed by atoms with E-state index >= 15 is 0 Å². The Morgan fingerprint density at radius 3 is 1.95 bits per heavy atom. The number of hydrogen-bond acceptors (Lipinski definition) is 4. The second-order valence-electron chi connectivity index (χ2n) is 15.4. The molecule has 0 aliphatic carbocycles. The number of unbranched alkanes of at least 4 members (excludes halogenated alkanes) is 1. The molecule has 0 saturated carbocycles. The van der Waals surface area contributed by atoms with Crippen LogP contribution in [0.4, 0.5) is 0 Å². The summed E-state index contributed by atoms with van der Waals surface area (Å²) in [6, 6.07) is 67.4. The minimum absolute atomic E-state index is 0.650. The SMILES string of the molecule is CCCCc1cccc(-c2nc(-c3ccccc3)nc(-c3ccccc3-c3cccc(-n4c5ccccc5c5cc(-c6cccc7c6sc6ccccc67)ccc54)c3)n2)c1. The number of nitrogens with zero attached hydrogens (tertiary/aromatic N) is 4. The molecule has 0 saturated heterocycles. The first-order valence-corrected chi connectivity index (χ1v) is 21.6. The van der Waals surface area contributed by atoms with Gasteiger partial charge in [0.25, 0.3) is 0 Å². The lowest BCUT2D eigenvalue weighted by molar-refractivity contribution is 0.795. The topological polar surface area (TPSA) is 43.6 Å². The van der Waals surface area contributed by atoms with Crippen LogP contribution >= 0.6 is 11.3 Å². The highest BCUT2D eigenvalue weighted by Crippen LogP contribution is 2.42. The summed E-state index contributed by atoms with van der Waals surface area (Å²) >= 11 is 1.88. The van der Waals surface area contributed by atoms with Gasteiger partial charge in [-0.15, -0.1) is 11.3 Å². The maximum absolute atomic E-state index is 5.20. The van der Waals surface area contributed by atoms with Gasteiger partial charge in [-0.3, -0.25) is 0 Å². The fourth-order valence-electron chi connectivity index (χ4n) is 8.72. The number of fused-ring (bicyclic) bond motifs is 6. The summed E-state index contributed by atoms with van der Waals surface area (Å²) in [4.78, 5) is 15.4. The lowest BCUT2D eigenvalue weighted by Gasteiger charge is -2.14. The number of aromatic nitrogens is 4. The maximum Gasteiger partial charge on any atom is 0.164 e. The highest BCUT2D eigenvalue weighted by Gasteiger charge is 2.19. The predicted octanol–water partition coefficient (Wildman–Crippen LogP) is 15.0. The molecule has 0 unspecified atom stereocenters. The zero-order valence-electron chi connectivity index (χ0n) is 33.2. The monoisotopic (exact) mass is 788 g/mol. The number of thiophene rings is 1. The third kappa shape index (κ3) is 6.35. The molecule has 11 rings (SSSR count). The van der Waals surface area contributed by atoms with E-state index in [9.17, 15) is 0 Å².